The highest BCUT2D eigenvalue weighted by Crippen LogP contribution is 2.37. The van der Waals surface area contributed by atoms with Crippen LogP contribution in [0.4, 0.5) is 0 Å². The molecule has 4 heteroatoms. The van der Waals surface area contributed by atoms with Gasteiger partial charge in [-0.05, 0) is 37.3 Å². The zero-order valence-corrected chi connectivity index (χ0v) is 8.59. The van der Waals surface area contributed by atoms with Gasteiger partial charge in [0.25, 0.3) is 0 Å². The molecule has 2 heterocycles. The minimum absolute atomic E-state index is 0.228. The fraction of sp³-hybridized carbons (Fsp3) is 0.889. The van der Waals surface area contributed by atoms with Gasteiger partial charge in [0.1, 0.15) is 6.04 Å². The van der Waals surface area contributed by atoms with E-state index in [0.717, 1.165) is 18.6 Å². The van der Waals surface area contributed by atoms with Gasteiger partial charge in [-0.3, -0.25) is 9.69 Å². The maximum atomic E-state index is 10.9. The van der Waals surface area contributed by atoms with Crippen molar-refractivity contribution in [3.63, 3.8) is 0 Å². The van der Waals surface area contributed by atoms with Crippen molar-refractivity contribution in [2.75, 3.05) is 18.6 Å². The first-order chi connectivity index (χ1) is 6.20. The minimum Gasteiger partial charge on any atom is -0.480 e. The fourth-order valence-electron chi connectivity index (χ4n) is 2.51. The molecule has 2 saturated heterocycles. The van der Waals surface area contributed by atoms with E-state index in [1.165, 1.54) is 5.75 Å². The Bertz CT molecular complexity index is 222. The number of hydrogen-bond acceptors (Lipinski definition) is 3. The number of carboxylic acids is 1. The molecule has 0 bridgehead atoms. The van der Waals surface area contributed by atoms with Crippen molar-refractivity contribution in [1.82, 2.24) is 4.90 Å². The molecule has 0 amide bonds. The Kier molecular flexibility index (Phi) is 2.51. The Morgan fingerprint density at radius 3 is 3.00 bits per heavy atom. The number of fused-ring (bicyclic) bond motifs is 1. The predicted octanol–water partition coefficient (Wildman–Crippen LogP) is 0.897. The van der Waals surface area contributed by atoms with Crippen molar-refractivity contribution in [2.45, 2.75) is 24.9 Å². The van der Waals surface area contributed by atoms with Gasteiger partial charge in [-0.1, -0.05) is 0 Å². The van der Waals surface area contributed by atoms with Crippen molar-refractivity contribution in [3.8, 4) is 0 Å². The summed E-state index contributed by atoms with van der Waals surface area (Å²) in [5.74, 6) is 2.31. The third-order valence-electron chi connectivity index (χ3n) is 3.26. The summed E-state index contributed by atoms with van der Waals surface area (Å²) in [7, 11) is 1.96. The smallest absolute Gasteiger partial charge is 0.320 e. The summed E-state index contributed by atoms with van der Waals surface area (Å²) in [5.41, 5.74) is 0. The van der Waals surface area contributed by atoms with Gasteiger partial charge in [-0.2, -0.15) is 11.8 Å². The summed E-state index contributed by atoms with van der Waals surface area (Å²) < 4.78 is 0. The van der Waals surface area contributed by atoms with Crippen molar-refractivity contribution in [1.29, 1.82) is 0 Å². The molecule has 3 atom stereocenters. The summed E-state index contributed by atoms with van der Waals surface area (Å²) in [5, 5.41) is 8.98. The second-order valence-corrected chi connectivity index (χ2v) is 5.10. The number of likely N-dealkylation sites (N-methyl/N-ethyl adjacent to an activating group) is 1. The van der Waals surface area contributed by atoms with Crippen LogP contribution in [0, 0.1) is 5.92 Å². The number of thioether (sulfide) groups is 1. The average Bonchev–Trinajstić information content (AvgIpc) is 2.45. The maximum Gasteiger partial charge on any atom is 0.320 e. The van der Waals surface area contributed by atoms with Gasteiger partial charge in [-0.15, -0.1) is 0 Å². The Labute approximate surface area is 82.5 Å². The van der Waals surface area contributed by atoms with Crippen LogP contribution in [0.25, 0.3) is 0 Å². The lowest BCUT2D eigenvalue weighted by molar-refractivity contribution is -0.142. The standard InChI is InChI=1S/C9H15NO2S/c1-10-7-2-3-13-5-6(7)4-8(10)9(11)12/h6-8H,2-5H2,1H3,(H,11,12). The molecule has 2 rings (SSSR count). The molecule has 0 aromatic heterocycles. The summed E-state index contributed by atoms with van der Waals surface area (Å²) in [6.45, 7) is 0. The molecule has 3 nitrogen and oxygen atoms in total. The monoisotopic (exact) mass is 201 g/mol. The molecule has 0 aromatic rings. The van der Waals surface area contributed by atoms with Crippen LogP contribution in [0.5, 0.6) is 0 Å². The van der Waals surface area contributed by atoms with Gasteiger partial charge in [0.15, 0.2) is 0 Å². The first-order valence-electron chi connectivity index (χ1n) is 4.72. The first kappa shape index (κ1) is 9.34. The molecule has 2 aliphatic rings. The molecule has 0 spiro atoms. The summed E-state index contributed by atoms with van der Waals surface area (Å²) in [4.78, 5) is 13.0. The van der Waals surface area contributed by atoms with Crippen LogP contribution in [0.2, 0.25) is 0 Å². The Morgan fingerprint density at radius 1 is 1.62 bits per heavy atom. The van der Waals surface area contributed by atoms with Gasteiger partial charge < -0.3 is 5.11 Å². The molecule has 0 saturated carbocycles. The molecule has 3 unspecified atom stereocenters. The predicted molar refractivity (Wildman–Crippen MR) is 53.0 cm³/mol. The van der Waals surface area contributed by atoms with Crippen LogP contribution in [-0.2, 0) is 4.79 Å². The van der Waals surface area contributed by atoms with E-state index in [-0.39, 0.29) is 6.04 Å². The van der Waals surface area contributed by atoms with Crippen molar-refractivity contribution in [3.05, 3.63) is 0 Å². The van der Waals surface area contributed by atoms with Gasteiger partial charge in [0.05, 0.1) is 0 Å². The van der Waals surface area contributed by atoms with Crippen molar-refractivity contribution < 1.29 is 9.90 Å². The third-order valence-corrected chi connectivity index (χ3v) is 4.45. The summed E-state index contributed by atoms with van der Waals surface area (Å²) >= 11 is 1.97. The largest absolute Gasteiger partial charge is 0.480 e. The highest BCUT2D eigenvalue weighted by molar-refractivity contribution is 7.99. The number of aliphatic carboxylic acids is 1. The van der Waals surface area contributed by atoms with Gasteiger partial charge in [0.2, 0.25) is 0 Å². The first-order valence-corrected chi connectivity index (χ1v) is 5.88. The van der Waals surface area contributed by atoms with E-state index in [2.05, 4.69) is 4.90 Å². The number of carboxylic acid groups (broad SMARTS) is 1. The maximum absolute atomic E-state index is 10.9. The van der Waals surface area contributed by atoms with Gasteiger partial charge >= 0.3 is 5.97 Å². The minimum atomic E-state index is -0.651. The fourth-order valence-corrected chi connectivity index (χ4v) is 3.74. The number of likely N-dealkylation sites (tertiary alicyclic amines) is 1. The van der Waals surface area contributed by atoms with Gasteiger partial charge in [-0.25, -0.2) is 0 Å². The molecule has 0 aliphatic carbocycles. The van der Waals surface area contributed by atoms with E-state index in [1.54, 1.807) is 0 Å². The van der Waals surface area contributed by atoms with E-state index in [1.807, 2.05) is 18.8 Å². The Hall–Kier alpha value is -0.220. The van der Waals surface area contributed by atoms with Gasteiger partial charge in [0, 0.05) is 6.04 Å². The number of rotatable bonds is 1. The molecule has 74 valence electrons. The quantitative estimate of drug-likeness (QED) is 0.684. The summed E-state index contributed by atoms with van der Waals surface area (Å²) in [6, 6.07) is 0.302. The topological polar surface area (TPSA) is 40.5 Å². The number of hydrogen-bond donors (Lipinski definition) is 1. The lowest BCUT2D eigenvalue weighted by Gasteiger charge is -2.29. The van der Waals surface area contributed by atoms with Crippen LogP contribution >= 0.6 is 11.8 Å². The third kappa shape index (κ3) is 1.57. The zero-order chi connectivity index (χ0) is 9.42. The van der Waals surface area contributed by atoms with Crippen molar-refractivity contribution in [2.24, 2.45) is 5.92 Å². The van der Waals surface area contributed by atoms with E-state index in [9.17, 15) is 4.79 Å². The van der Waals surface area contributed by atoms with Crippen LogP contribution in [0.15, 0.2) is 0 Å². The number of nitrogens with zero attached hydrogens (tertiary/aromatic N) is 1. The van der Waals surface area contributed by atoms with Crippen LogP contribution < -0.4 is 0 Å². The van der Waals surface area contributed by atoms with Crippen LogP contribution in [0.1, 0.15) is 12.8 Å². The molecule has 2 fully saturated rings. The second kappa shape index (κ2) is 3.50. The average molecular weight is 201 g/mol. The zero-order valence-electron chi connectivity index (χ0n) is 7.77. The van der Waals surface area contributed by atoms with Crippen molar-refractivity contribution >= 4 is 17.7 Å². The Morgan fingerprint density at radius 2 is 2.38 bits per heavy atom. The lowest BCUT2D eigenvalue weighted by Crippen LogP contribution is -2.39. The molecule has 2 aliphatic heterocycles. The summed E-state index contributed by atoms with van der Waals surface area (Å²) in [6.07, 6.45) is 2.01. The molecular weight excluding hydrogens is 186 g/mol. The van der Waals surface area contributed by atoms with Crippen LogP contribution in [-0.4, -0.2) is 46.6 Å². The molecule has 0 aromatic carbocycles. The number of carbonyl (C=O) groups is 1. The molecule has 13 heavy (non-hydrogen) atoms. The molecule has 1 N–H and O–H groups in total. The molecule has 0 radical (unpaired) electrons. The van der Waals surface area contributed by atoms with E-state index in [4.69, 9.17) is 5.11 Å². The Balaban J connectivity index is 2.09. The van der Waals surface area contributed by atoms with E-state index in [0.29, 0.717) is 12.0 Å². The second-order valence-electron chi connectivity index (χ2n) is 3.95. The van der Waals surface area contributed by atoms with Crippen LogP contribution in [0.3, 0.4) is 0 Å². The van der Waals surface area contributed by atoms with E-state index < -0.39 is 5.97 Å². The lowest BCUT2D eigenvalue weighted by atomic mass is 9.99. The molecular formula is C9H15NO2S. The highest BCUT2D eigenvalue weighted by Gasteiger charge is 2.43. The van der Waals surface area contributed by atoms with E-state index >= 15 is 0 Å². The normalized spacial score (nSPS) is 40.2. The highest BCUT2D eigenvalue weighted by atomic mass is 32.2. The SMILES string of the molecule is CN1C(C(=O)O)CC2CSCCC21.